The molecule has 0 radical (unpaired) electrons. The third kappa shape index (κ3) is 4.11. The van der Waals surface area contributed by atoms with E-state index in [0.717, 1.165) is 17.6 Å². The molecule has 1 aliphatic heterocycles. The molecule has 1 saturated heterocycles. The van der Waals surface area contributed by atoms with Gasteiger partial charge in [0, 0.05) is 5.38 Å². The lowest BCUT2D eigenvalue weighted by atomic mass is 10.2. The Kier molecular flexibility index (Phi) is 5.38. The lowest BCUT2D eigenvalue weighted by molar-refractivity contribution is 0.102. The van der Waals surface area contributed by atoms with Gasteiger partial charge in [-0.3, -0.25) is 9.69 Å². The highest BCUT2D eigenvalue weighted by Gasteiger charge is 2.32. The van der Waals surface area contributed by atoms with E-state index in [1.165, 1.54) is 22.4 Å². The molecule has 1 aromatic heterocycles. The molecule has 1 atom stereocenters. The number of ether oxygens (including phenoxy) is 1. The molecule has 8 nitrogen and oxygen atoms in total. The van der Waals surface area contributed by atoms with E-state index in [1.54, 1.807) is 6.92 Å². The normalized spacial score (nSPS) is 16.3. The predicted molar refractivity (Wildman–Crippen MR) is 98.2 cm³/mol. The molecule has 2 heterocycles. The first-order valence-corrected chi connectivity index (χ1v) is 8.79. The fourth-order valence-corrected chi connectivity index (χ4v) is 2.84. The maximum absolute atomic E-state index is 14.3. The van der Waals surface area contributed by atoms with Crippen molar-refractivity contribution < 1.29 is 18.7 Å². The maximum atomic E-state index is 14.3. The van der Waals surface area contributed by atoms with Crippen LogP contribution < -0.4 is 15.5 Å². The summed E-state index contributed by atoms with van der Waals surface area (Å²) in [4.78, 5) is 25.8. The highest BCUT2D eigenvalue weighted by Crippen LogP contribution is 2.26. The van der Waals surface area contributed by atoms with Gasteiger partial charge in [0.2, 0.25) is 0 Å². The molecule has 0 aliphatic carbocycles. The van der Waals surface area contributed by atoms with Crippen LogP contribution >= 0.6 is 23.8 Å². The van der Waals surface area contributed by atoms with Crippen LogP contribution in [-0.4, -0.2) is 45.8 Å². The second kappa shape index (κ2) is 7.70. The average molecular weight is 395 g/mol. The molecule has 1 aliphatic rings. The summed E-state index contributed by atoms with van der Waals surface area (Å²) in [5.74, 6) is -1.24. The number of halogens is 1. The Morgan fingerprint density at radius 2 is 2.35 bits per heavy atom. The van der Waals surface area contributed by atoms with Crippen LogP contribution in [0.1, 0.15) is 17.4 Å². The van der Waals surface area contributed by atoms with E-state index in [0.29, 0.717) is 17.2 Å². The van der Waals surface area contributed by atoms with Crippen LogP contribution in [0.15, 0.2) is 23.6 Å². The van der Waals surface area contributed by atoms with E-state index in [2.05, 4.69) is 20.2 Å². The summed E-state index contributed by atoms with van der Waals surface area (Å²) in [7, 11) is 0. The molecule has 1 aromatic carbocycles. The van der Waals surface area contributed by atoms with Gasteiger partial charge in [-0.25, -0.2) is 9.18 Å². The predicted octanol–water partition coefficient (Wildman–Crippen LogP) is 2.19. The van der Waals surface area contributed by atoms with Crippen molar-refractivity contribution in [3.63, 3.8) is 0 Å². The van der Waals surface area contributed by atoms with Crippen molar-refractivity contribution in [1.82, 2.24) is 14.9 Å². The molecule has 2 amide bonds. The van der Waals surface area contributed by atoms with Crippen LogP contribution in [0.5, 0.6) is 0 Å². The second-order valence-electron chi connectivity index (χ2n) is 5.46. The number of carbonyl (C=O) groups is 2. The number of thiocarbonyl (C=S) groups is 1. The van der Waals surface area contributed by atoms with Gasteiger partial charge in [0.25, 0.3) is 5.91 Å². The molecule has 0 bridgehead atoms. The quantitative estimate of drug-likeness (QED) is 0.749. The lowest BCUT2D eigenvalue weighted by Crippen LogP contribution is -2.32. The Hall–Kier alpha value is -2.66. The summed E-state index contributed by atoms with van der Waals surface area (Å²) < 4.78 is 23.1. The van der Waals surface area contributed by atoms with Crippen molar-refractivity contribution in [2.45, 2.75) is 13.0 Å². The van der Waals surface area contributed by atoms with Crippen LogP contribution in [0.3, 0.4) is 0 Å². The first-order chi connectivity index (χ1) is 12.4. The van der Waals surface area contributed by atoms with Crippen molar-refractivity contribution in [3.8, 4) is 0 Å². The van der Waals surface area contributed by atoms with Crippen LogP contribution in [0.4, 0.5) is 20.6 Å². The number of cyclic esters (lactones) is 1. The van der Waals surface area contributed by atoms with Gasteiger partial charge in [-0.1, -0.05) is 16.7 Å². The molecule has 2 aromatic rings. The second-order valence-corrected chi connectivity index (χ2v) is 6.68. The molecule has 0 spiro atoms. The fraction of sp³-hybridized carbons (Fsp3) is 0.267. The maximum Gasteiger partial charge on any atom is 0.414 e. The number of benzene rings is 1. The Labute approximate surface area is 157 Å². The number of aromatic nitrogens is 2. The smallest absolute Gasteiger partial charge is 0.414 e. The van der Waals surface area contributed by atoms with Crippen molar-refractivity contribution in [2.24, 2.45) is 0 Å². The summed E-state index contributed by atoms with van der Waals surface area (Å²) in [6.45, 7) is 2.38. The number of anilines is 2. The zero-order valence-electron chi connectivity index (χ0n) is 13.6. The molecule has 136 valence electrons. The molecule has 2 N–H and O–H groups in total. The van der Waals surface area contributed by atoms with Gasteiger partial charge in [-0.15, -0.1) is 5.10 Å². The molecule has 0 saturated carbocycles. The Bertz CT molecular complexity index is 846. The van der Waals surface area contributed by atoms with Crippen molar-refractivity contribution >= 4 is 52.1 Å². The lowest BCUT2D eigenvalue weighted by Gasteiger charge is -2.14. The van der Waals surface area contributed by atoms with Gasteiger partial charge in [0.1, 0.15) is 11.9 Å². The standard InChI is InChI=1S/C15H14FN5O3S2/c1-8(25)17-5-10-6-21(15(23)24-10)9-2-3-12(11(16)4-9)18-14(22)13-7-26-20-19-13/h2-4,7,10H,5-6H2,1H3,(H,17,25)(H,18,22). The fourth-order valence-electron chi connectivity index (χ4n) is 2.32. The molecular weight excluding hydrogens is 381 g/mol. The number of hydrogen-bond donors (Lipinski definition) is 2. The minimum Gasteiger partial charge on any atom is -0.442 e. The van der Waals surface area contributed by atoms with E-state index < -0.39 is 17.8 Å². The molecule has 3 rings (SSSR count). The van der Waals surface area contributed by atoms with Crippen LogP contribution in [-0.2, 0) is 4.74 Å². The minimum atomic E-state index is -0.678. The van der Waals surface area contributed by atoms with E-state index >= 15 is 0 Å². The largest absolute Gasteiger partial charge is 0.442 e. The van der Waals surface area contributed by atoms with E-state index in [-0.39, 0.29) is 24.0 Å². The topological polar surface area (TPSA) is 96.5 Å². The number of nitrogens with one attached hydrogen (secondary N) is 2. The van der Waals surface area contributed by atoms with E-state index in [4.69, 9.17) is 17.0 Å². The highest BCUT2D eigenvalue weighted by atomic mass is 32.1. The van der Waals surface area contributed by atoms with Crippen molar-refractivity contribution in [3.05, 3.63) is 35.1 Å². The first kappa shape index (κ1) is 18.1. The zero-order chi connectivity index (χ0) is 18.7. The minimum absolute atomic E-state index is 0.0196. The molecule has 1 fully saturated rings. The number of amides is 2. The molecule has 1 unspecified atom stereocenters. The van der Waals surface area contributed by atoms with Gasteiger partial charge in [0.05, 0.1) is 29.5 Å². The molecule has 11 heteroatoms. The number of hydrogen-bond acceptors (Lipinski definition) is 7. The van der Waals surface area contributed by atoms with Crippen LogP contribution in [0.25, 0.3) is 0 Å². The van der Waals surface area contributed by atoms with Gasteiger partial charge in [0.15, 0.2) is 5.69 Å². The summed E-state index contributed by atoms with van der Waals surface area (Å²) in [5, 5.41) is 10.4. The summed E-state index contributed by atoms with van der Waals surface area (Å²) in [6.07, 6.45) is -0.955. The Balaban J connectivity index is 1.68. The van der Waals surface area contributed by atoms with Crippen LogP contribution in [0, 0.1) is 5.82 Å². The summed E-state index contributed by atoms with van der Waals surface area (Å²) in [6, 6.07) is 4.07. The van der Waals surface area contributed by atoms with E-state index in [9.17, 15) is 14.0 Å². The van der Waals surface area contributed by atoms with Crippen molar-refractivity contribution in [1.29, 1.82) is 0 Å². The van der Waals surface area contributed by atoms with Gasteiger partial charge in [-0.05, 0) is 36.7 Å². The zero-order valence-corrected chi connectivity index (χ0v) is 15.2. The number of rotatable bonds is 5. The molecular formula is C15H14FN5O3S2. The Morgan fingerprint density at radius 1 is 1.54 bits per heavy atom. The van der Waals surface area contributed by atoms with E-state index in [1.807, 2.05) is 0 Å². The monoisotopic (exact) mass is 395 g/mol. The third-order valence-electron chi connectivity index (χ3n) is 3.56. The summed E-state index contributed by atoms with van der Waals surface area (Å²) in [5.41, 5.74) is 0.419. The molecule has 26 heavy (non-hydrogen) atoms. The summed E-state index contributed by atoms with van der Waals surface area (Å²) >= 11 is 5.94. The van der Waals surface area contributed by atoms with Crippen molar-refractivity contribution in [2.75, 3.05) is 23.3 Å². The SMILES string of the molecule is CC(=S)NCC1CN(c2ccc(NC(=O)c3csnn3)c(F)c2)C(=O)O1. The number of carbonyl (C=O) groups excluding carboxylic acids is 2. The third-order valence-corrected chi connectivity index (χ3v) is 4.21. The van der Waals surface area contributed by atoms with Crippen LogP contribution in [0.2, 0.25) is 0 Å². The number of nitrogens with zero attached hydrogens (tertiary/aromatic N) is 3. The first-order valence-electron chi connectivity index (χ1n) is 7.54. The highest BCUT2D eigenvalue weighted by molar-refractivity contribution is 7.80. The van der Waals surface area contributed by atoms with Gasteiger partial charge in [-0.2, -0.15) is 0 Å². The van der Waals surface area contributed by atoms with Gasteiger partial charge >= 0.3 is 6.09 Å². The van der Waals surface area contributed by atoms with Gasteiger partial charge < -0.3 is 15.4 Å². The average Bonchev–Trinajstić information content (AvgIpc) is 3.24. The Morgan fingerprint density at radius 3 is 3.00 bits per heavy atom.